The van der Waals surface area contributed by atoms with Crippen molar-refractivity contribution in [3.8, 4) is 5.82 Å². The lowest BCUT2D eigenvalue weighted by molar-refractivity contribution is 1.06. The molecule has 0 N–H and O–H groups in total. The maximum absolute atomic E-state index is 12.1. The monoisotopic (exact) mass is 228 g/mol. The lowest BCUT2D eigenvalue weighted by atomic mass is 10.3. The van der Waals surface area contributed by atoms with Gasteiger partial charge in [-0.25, -0.2) is 8.94 Å². The van der Waals surface area contributed by atoms with E-state index < -0.39 is 0 Å². The molecule has 2 aromatic heterocycles. The van der Waals surface area contributed by atoms with Crippen molar-refractivity contribution in [3.63, 3.8) is 0 Å². The molecule has 0 saturated carbocycles. The molecular formula is C12H8N2OS. The topological polar surface area (TPSA) is 34.9 Å². The van der Waals surface area contributed by atoms with E-state index in [1.807, 2.05) is 42.5 Å². The second kappa shape index (κ2) is 3.57. The van der Waals surface area contributed by atoms with Crippen LogP contribution in [0, 0.1) is 0 Å². The van der Waals surface area contributed by atoms with Crippen LogP contribution in [0.3, 0.4) is 0 Å². The molecule has 16 heavy (non-hydrogen) atoms. The number of rotatable bonds is 1. The molecule has 3 nitrogen and oxygen atoms in total. The second-order valence-electron chi connectivity index (χ2n) is 3.37. The normalized spacial score (nSPS) is 10.8. The van der Waals surface area contributed by atoms with Gasteiger partial charge in [-0.05, 0) is 35.8 Å². The Bertz CT molecular complexity index is 685. The van der Waals surface area contributed by atoms with Gasteiger partial charge in [0.25, 0.3) is 5.56 Å². The Balaban J connectivity index is 2.34. The summed E-state index contributed by atoms with van der Waals surface area (Å²) in [5, 5.41) is 0.748. The maximum Gasteiger partial charge on any atom is 0.274 e. The van der Waals surface area contributed by atoms with E-state index in [4.69, 9.17) is 0 Å². The molecular weight excluding hydrogens is 220 g/mol. The molecule has 0 radical (unpaired) electrons. The van der Waals surface area contributed by atoms with E-state index in [2.05, 4.69) is 4.98 Å². The Labute approximate surface area is 95.8 Å². The van der Waals surface area contributed by atoms with Crippen LogP contribution in [0.1, 0.15) is 0 Å². The lowest BCUT2D eigenvalue weighted by Crippen LogP contribution is -2.11. The summed E-state index contributed by atoms with van der Waals surface area (Å²) >= 11 is 1.42. The minimum absolute atomic E-state index is 0.000648. The van der Waals surface area contributed by atoms with Crippen LogP contribution in [-0.2, 0) is 0 Å². The van der Waals surface area contributed by atoms with Crippen molar-refractivity contribution < 1.29 is 0 Å². The van der Waals surface area contributed by atoms with Crippen molar-refractivity contribution in [2.75, 3.05) is 0 Å². The van der Waals surface area contributed by atoms with Gasteiger partial charge in [0.05, 0.1) is 10.1 Å². The van der Waals surface area contributed by atoms with Crippen molar-refractivity contribution in [2.45, 2.75) is 0 Å². The molecule has 0 aliphatic carbocycles. The third-order valence-corrected chi connectivity index (χ3v) is 3.44. The summed E-state index contributed by atoms with van der Waals surface area (Å²) in [6.45, 7) is 0. The molecule has 0 saturated heterocycles. The Morgan fingerprint density at radius 2 is 1.88 bits per heavy atom. The summed E-state index contributed by atoms with van der Waals surface area (Å²) in [6.07, 6.45) is 1.69. The van der Waals surface area contributed by atoms with Crippen LogP contribution in [0.25, 0.3) is 15.9 Å². The van der Waals surface area contributed by atoms with E-state index in [0.717, 1.165) is 10.1 Å². The van der Waals surface area contributed by atoms with E-state index in [1.54, 1.807) is 10.2 Å². The average molecular weight is 228 g/mol. The third kappa shape index (κ3) is 1.35. The zero-order valence-corrected chi connectivity index (χ0v) is 9.15. The number of benzene rings is 1. The molecule has 2 heterocycles. The summed E-state index contributed by atoms with van der Waals surface area (Å²) in [7, 11) is 0. The SMILES string of the molecule is O=c1c2ccccc2sn1-c1ccccn1. The summed E-state index contributed by atoms with van der Waals surface area (Å²) in [6, 6.07) is 13.1. The van der Waals surface area contributed by atoms with Crippen LogP contribution in [0.5, 0.6) is 0 Å². The highest BCUT2D eigenvalue weighted by Gasteiger charge is 2.08. The molecule has 78 valence electrons. The Hall–Kier alpha value is -1.94. The van der Waals surface area contributed by atoms with E-state index in [1.165, 1.54) is 11.5 Å². The summed E-state index contributed by atoms with van der Waals surface area (Å²) in [4.78, 5) is 16.2. The summed E-state index contributed by atoms with van der Waals surface area (Å²) in [5.74, 6) is 0.675. The number of hydrogen-bond donors (Lipinski definition) is 0. The van der Waals surface area contributed by atoms with Gasteiger partial charge in [-0.3, -0.25) is 4.79 Å². The minimum atomic E-state index is -0.000648. The number of pyridine rings is 1. The minimum Gasteiger partial charge on any atom is -0.267 e. The number of fused-ring (bicyclic) bond motifs is 1. The Morgan fingerprint density at radius 1 is 1.06 bits per heavy atom. The molecule has 0 atom stereocenters. The number of hydrogen-bond acceptors (Lipinski definition) is 3. The fraction of sp³-hybridized carbons (Fsp3) is 0. The molecule has 0 fully saturated rings. The second-order valence-corrected chi connectivity index (χ2v) is 4.36. The van der Waals surface area contributed by atoms with Gasteiger partial charge in [0.15, 0.2) is 0 Å². The van der Waals surface area contributed by atoms with Gasteiger partial charge in [-0.15, -0.1) is 0 Å². The highest BCUT2D eigenvalue weighted by molar-refractivity contribution is 7.14. The van der Waals surface area contributed by atoms with Crippen molar-refractivity contribution >= 4 is 21.6 Å². The molecule has 0 aliphatic heterocycles. The van der Waals surface area contributed by atoms with Crippen LogP contribution < -0.4 is 5.56 Å². The lowest BCUT2D eigenvalue weighted by Gasteiger charge is -1.96. The molecule has 3 rings (SSSR count). The summed E-state index contributed by atoms with van der Waals surface area (Å²) < 4.78 is 2.60. The first-order valence-electron chi connectivity index (χ1n) is 4.89. The molecule has 0 bridgehead atoms. The molecule has 0 unspecified atom stereocenters. The highest BCUT2D eigenvalue weighted by atomic mass is 32.1. The first-order chi connectivity index (χ1) is 7.86. The van der Waals surface area contributed by atoms with E-state index in [-0.39, 0.29) is 5.56 Å². The highest BCUT2D eigenvalue weighted by Crippen LogP contribution is 2.18. The van der Waals surface area contributed by atoms with Crippen LogP contribution in [-0.4, -0.2) is 8.94 Å². The number of aromatic nitrogens is 2. The maximum atomic E-state index is 12.1. The number of nitrogens with zero attached hydrogens (tertiary/aromatic N) is 2. The van der Waals surface area contributed by atoms with E-state index >= 15 is 0 Å². The van der Waals surface area contributed by atoms with Gasteiger partial charge in [-0.2, -0.15) is 0 Å². The van der Waals surface area contributed by atoms with Crippen LogP contribution in [0.4, 0.5) is 0 Å². The van der Waals surface area contributed by atoms with E-state index in [9.17, 15) is 4.79 Å². The standard InChI is InChI=1S/C12H8N2OS/c15-12-9-5-1-2-6-10(9)16-14(12)11-7-3-4-8-13-11/h1-8H. The van der Waals surface area contributed by atoms with Gasteiger partial charge in [0.1, 0.15) is 5.82 Å². The molecule has 1 aromatic carbocycles. The first kappa shape index (κ1) is 9.30. The molecule has 3 aromatic rings. The fourth-order valence-corrected chi connectivity index (χ4v) is 2.57. The first-order valence-corrected chi connectivity index (χ1v) is 5.66. The van der Waals surface area contributed by atoms with Crippen LogP contribution in [0.2, 0.25) is 0 Å². The van der Waals surface area contributed by atoms with Crippen molar-refractivity contribution in [2.24, 2.45) is 0 Å². The predicted molar refractivity (Wildman–Crippen MR) is 65.2 cm³/mol. The summed E-state index contributed by atoms with van der Waals surface area (Å²) in [5.41, 5.74) is -0.000648. The average Bonchev–Trinajstić information content (AvgIpc) is 2.69. The predicted octanol–water partition coefficient (Wildman–Crippen LogP) is 2.45. The molecule has 4 heteroatoms. The Morgan fingerprint density at radius 3 is 2.62 bits per heavy atom. The zero-order valence-electron chi connectivity index (χ0n) is 8.33. The Kier molecular flexibility index (Phi) is 2.08. The largest absolute Gasteiger partial charge is 0.274 e. The molecule has 0 spiro atoms. The third-order valence-electron chi connectivity index (χ3n) is 2.35. The van der Waals surface area contributed by atoms with Crippen molar-refractivity contribution in [1.82, 2.24) is 8.94 Å². The quantitative estimate of drug-likeness (QED) is 0.641. The molecule has 0 amide bonds. The van der Waals surface area contributed by atoms with Gasteiger partial charge >= 0.3 is 0 Å². The smallest absolute Gasteiger partial charge is 0.267 e. The van der Waals surface area contributed by atoms with Crippen LogP contribution >= 0.6 is 11.5 Å². The van der Waals surface area contributed by atoms with Crippen molar-refractivity contribution in [1.29, 1.82) is 0 Å². The van der Waals surface area contributed by atoms with E-state index in [0.29, 0.717) is 5.82 Å². The fourth-order valence-electron chi connectivity index (χ4n) is 1.60. The van der Waals surface area contributed by atoms with Crippen LogP contribution in [0.15, 0.2) is 53.5 Å². The van der Waals surface area contributed by atoms with Gasteiger partial charge < -0.3 is 0 Å². The van der Waals surface area contributed by atoms with Gasteiger partial charge in [0.2, 0.25) is 0 Å². The molecule has 0 aliphatic rings. The van der Waals surface area contributed by atoms with Gasteiger partial charge in [-0.1, -0.05) is 18.2 Å². The zero-order chi connectivity index (χ0) is 11.0. The van der Waals surface area contributed by atoms with Gasteiger partial charge in [0, 0.05) is 6.20 Å². The van der Waals surface area contributed by atoms with Crippen molar-refractivity contribution in [3.05, 3.63) is 59.0 Å².